The summed E-state index contributed by atoms with van der Waals surface area (Å²) in [5, 5.41) is 11.5. The summed E-state index contributed by atoms with van der Waals surface area (Å²) >= 11 is 0. The molecular formula is C12H24N2O3. The molecule has 0 atom stereocenters. The van der Waals surface area contributed by atoms with Crippen molar-refractivity contribution in [2.75, 3.05) is 6.54 Å². The van der Waals surface area contributed by atoms with Gasteiger partial charge in [0.1, 0.15) is 5.54 Å². The zero-order valence-corrected chi connectivity index (χ0v) is 11.6. The smallest absolute Gasteiger partial charge is 0.328 e. The summed E-state index contributed by atoms with van der Waals surface area (Å²) in [6.45, 7) is 11.4. The predicted octanol–water partition coefficient (Wildman–Crippen LogP) is 1.93. The van der Waals surface area contributed by atoms with E-state index in [0.29, 0.717) is 12.5 Å². The van der Waals surface area contributed by atoms with Crippen LogP contribution in [-0.4, -0.2) is 40.1 Å². The number of rotatable bonds is 5. The lowest BCUT2D eigenvalue weighted by atomic mass is 10.1. The van der Waals surface area contributed by atoms with Crippen LogP contribution in [0.25, 0.3) is 0 Å². The van der Waals surface area contributed by atoms with Crippen molar-refractivity contribution in [3.8, 4) is 0 Å². The zero-order chi connectivity index (χ0) is 13.8. The molecule has 0 unspecified atom stereocenters. The van der Waals surface area contributed by atoms with Crippen molar-refractivity contribution in [1.29, 1.82) is 0 Å². The van der Waals surface area contributed by atoms with Crippen molar-refractivity contribution in [3.05, 3.63) is 0 Å². The fourth-order valence-corrected chi connectivity index (χ4v) is 1.31. The Morgan fingerprint density at radius 3 is 2.00 bits per heavy atom. The Hall–Kier alpha value is -1.26. The molecule has 0 radical (unpaired) electrons. The molecule has 0 heterocycles. The first-order valence-corrected chi connectivity index (χ1v) is 5.90. The summed E-state index contributed by atoms with van der Waals surface area (Å²) in [6, 6.07) is -0.289. The molecule has 0 aliphatic heterocycles. The highest BCUT2D eigenvalue weighted by atomic mass is 16.4. The molecule has 2 N–H and O–H groups in total. The van der Waals surface area contributed by atoms with E-state index in [1.165, 1.54) is 13.8 Å². The van der Waals surface area contributed by atoms with E-state index in [1.54, 1.807) is 4.90 Å². The summed E-state index contributed by atoms with van der Waals surface area (Å²) in [7, 11) is 0. The number of carbonyl (C=O) groups excluding carboxylic acids is 1. The highest BCUT2D eigenvalue weighted by Gasteiger charge is 2.31. The molecule has 0 fully saturated rings. The Morgan fingerprint density at radius 2 is 1.71 bits per heavy atom. The highest BCUT2D eigenvalue weighted by Crippen LogP contribution is 2.08. The van der Waals surface area contributed by atoms with Crippen molar-refractivity contribution in [2.45, 2.75) is 53.1 Å². The monoisotopic (exact) mass is 244 g/mol. The minimum absolute atomic E-state index is 0.0435. The number of aliphatic carboxylic acids is 1. The lowest BCUT2D eigenvalue weighted by Crippen LogP contribution is -2.56. The second-order valence-electron chi connectivity index (χ2n) is 5.50. The van der Waals surface area contributed by atoms with Gasteiger partial charge < -0.3 is 15.3 Å². The van der Waals surface area contributed by atoms with Crippen molar-refractivity contribution in [3.63, 3.8) is 0 Å². The molecule has 0 spiro atoms. The number of hydrogen-bond acceptors (Lipinski definition) is 2. The van der Waals surface area contributed by atoms with Crippen LogP contribution in [0.15, 0.2) is 0 Å². The number of carboxylic acids is 1. The van der Waals surface area contributed by atoms with Crippen LogP contribution in [0.5, 0.6) is 0 Å². The average molecular weight is 244 g/mol. The van der Waals surface area contributed by atoms with E-state index in [0.717, 1.165) is 0 Å². The quantitative estimate of drug-likeness (QED) is 0.776. The van der Waals surface area contributed by atoms with Crippen LogP contribution in [-0.2, 0) is 4.79 Å². The number of carboxylic acid groups (broad SMARTS) is 1. The van der Waals surface area contributed by atoms with Crippen LogP contribution in [0, 0.1) is 5.92 Å². The maximum Gasteiger partial charge on any atom is 0.328 e. The van der Waals surface area contributed by atoms with Crippen molar-refractivity contribution < 1.29 is 14.7 Å². The second-order valence-corrected chi connectivity index (χ2v) is 5.50. The van der Waals surface area contributed by atoms with E-state index in [1.807, 2.05) is 27.7 Å². The van der Waals surface area contributed by atoms with Gasteiger partial charge in [0.25, 0.3) is 0 Å². The van der Waals surface area contributed by atoms with Gasteiger partial charge in [-0.2, -0.15) is 0 Å². The van der Waals surface area contributed by atoms with Gasteiger partial charge in [-0.15, -0.1) is 0 Å². The van der Waals surface area contributed by atoms with Crippen LogP contribution in [0.3, 0.4) is 0 Å². The molecule has 0 aromatic rings. The molecule has 0 saturated heterocycles. The van der Waals surface area contributed by atoms with Crippen molar-refractivity contribution >= 4 is 12.0 Å². The van der Waals surface area contributed by atoms with Gasteiger partial charge in [0.15, 0.2) is 0 Å². The maximum atomic E-state index is 12.0. The van der Waals surface area contributed by atoms with Crippen LogP contribution >= 0.6 is 0 Å². The fourth-order valence-electron chi connectivity index (χ4n) is 1.31. The van der Waals surface area contributed by atoms with Crippen LogP contribution in [0.1, 0.15) is 41.5 Å². The van der Waals surface area contributed by atoms with Crippen LogP contribution in [0.4, 0.5) is 4.79 Å². The molecule has 0 aromatic carbocycles. The third kappa shape index (κ3) is 5.06. The van der Waals surface area contributed by atoms with Gasteiger partial charge >= 0.3 is 12.0 Å². The third-order valence-corrected chi connectivity index (χ3v) is 2.40. The third-order valence-electron chi connectivity index (χ3n) is 2.40. The molecule has 5 heteroatoms. The lowest BCUT2D eigenvalue weighted by molar-refractivity contribution is -0.143. The Bertz CT molecular complexity index is 285. The summed E-state index contributed by atoms with van der Waals surface area (Å²) in [5.74, 6) is -0.699. The molecule has 0 bridgehead atoms. The fraction of sp³-hybridized carbons (Fsp3) is 0.833. The number of urea groups is 1. The van der Waals surface area contributed by atoms with E-state index in [2.05, 4.69) is 5.32 Å². The van der Waals surface area contributed by atoms with Crippen molar-refractivity contribution in [2.24, 2.45) is 5.92 Å². The van der Waals surface area contributed by atoms with Crippen LogP contribution < -0.4 is 5.32 Å². The summed E-state index contributed by atoms with van der Waals surface area (Å²) in [6.07, 6.45) is 0. The van der Waals surface area contributed by atoms with E-state index in [4.69, 9.17) is 5.11 Å². The summed E-state index contributed by atoms with van der Waals surface area (Å²) < 4.78 is 0. The first-order valence-electron chi connectivity index (χ1n) is 5.90. The molecule has 0 aromatic heterocycles. The molecule has 5 nitrogen and oxygen atoms in total. The molecule has 2 amide bonds. The summed E-state index contributed by atoms with van der Waals surface area (Å²) in [4.78, 5) is 24.6. The molecule has 17 heavy (non-hydrogen) atoms. The first kappa shape index (κ1) is 15.7. The number of amides is 2. The molecule has 100 valence electrons. The molecule has 0 saturated carbocycles. The highest BCUT2D eigenvalue weighted by molar-refractivity contribution is 5.85. The van der Waals surface area contributed by atoms with Crippen LogP contribution in [0.2, 0.25) is 0 Å². The zero-order valence-electron chi connectivity index (χ0n) is 11.6. The minimum atomic E-state index is -1.25. The lowest BCUT2D eigenvalue weighted by Gasteiger charge is -2.32. The van der Waals surface area contributed by atoms with Gasteiger partial charge in [0, 0.05) is 12.6 Å². The normalized spacial score (nSPS) is 11.8. The van der Waals surface area contributed by atoms with Gasteiger partial charge in [-0.1, -0.05) is 13.8 Å². The molecule has 0 rings (SSSR count). The topological polar surface area (TPSA) is 69.6 Å². The minimum Gasteiger partial charge on any atom is -0.480 e. The van der Waals surface area contributed by atoms with Crippen molar-refractivity contribution in [1.82, 2.24) is 10.2 Å². The Morgan fingerprint density at radius 1 is 1.24 bits per heavy atom. The number of nitrogens with one attached hydrogen (secondary N) is 1. The van der Waals surface area contributed by atoms with E-state index in [9.17, 15) is 9.59 Å². The first-order chi connectivity index (χ1) is 7.58. The Balaban J connectivity index is 4.70. The van der Waals surface area contributed by atoms with Gasteiger partial charge in [-0.3, -0.25) is 0 Å². The Labute approximate surface area is 103 Å². The second kappa shape index (κ2) is 5.89. The van der Waals surface area contributed by atoms with Gasteiger partial charge in [-0.05, 0) is 33.6 Å². The van der Waals surface area contributed by atoms with Gasteiger partial charge in [0.2, 0.25) is 0 Å². The SMILES string of the molecule is CC(C)CN(C(=O)NC(C)(C)C(=O)O)C(C)C. The van der Waals surface area contributed by atoms with E-state index in [-0.39, 0.29) is 12.1 Å². The number of carbonyl (C=O) groups is 2. The molecule has 0 aliphatic carbocycles. The largest absolute Gasteiger partial charge is 0.480 e. The van der Waals surface area contributed by atoms with E-state index >= 15 is 0 Å². The molecule has 0 aliphatic rings. The Kier molecular flexibility index (Phi) is 5.45. The van der Waals surface area contributed by atoms with E-state index < -0.39 is 11.5 Å². The predicted molar refractivity (Wildman–Crippen MR) is 66.9 cm³/mol. The standard InChI is InChI=1S/C12H24N2O3/c1-8(2)7-14(9(3)4)11(17)13-12(5,6)10(15)16/h8-9H,7H2,1-6H3,(H,13,17)(H,15,16). The molecular weight excluding hydrogens is 220 g/mol. The van der Waals surface area contributed by atoms with Gasteiger partial charge in [-0.25, -0.2) is 9.59 Å². The maximum absolute atomic E-state index is 12.0. The number of nitrogens with zero attached hydrogens (tertiary/aromatic N) is 1. The van der Waals surface area contributed by atoms with Gasteiger partial charge in [0.05, 0.1) is 0 Å². The summed E-state index contributed by atoms with van der Waals surface area (Å²) in [5.41, 5.74) is -1.25. The average Bonchev–Trinajstić information content (AvgIpc) is 2.12. The number of hydrogen-bond donors (Lipinski definition) is 2.